The lowest BCUT2D eigenvalue weighted by Gasteiger charge is -2.24. The summed E-state index contributed by atoms with van der Waals surface area (Å²) in [6.45, 7) is 0. The van der Waals surface area contributed by atoms with Crippen molar-refractivity contribution in [2.75, 3.05) is 0 Å². The number of allylic oxidation sites excluding steroid dienone is 4. The predicted octanol–water partition coefficient (Wildman–Crippen LogP) is 14.7. The Hall–Kier alpha value is -8.41. The standard InChI is InChI=1S/C59H37N5/c1-4-19-43-39(14-1)33-51(47-23-8-6-21-45(43)47)58-62-57(63-59(64-58)52-34-40-15-2-5-20-44(40)46-22-7-9-24-48(46)52)37-30-28-36(29-31-37)38-17-13-18-42(32-38)55-49-25-10-11-26-50(49)56-54(61-55)35-41-16-3-12-27-53(41)60-56/h1-34,41H,35H2. The average molecular weight is 816 g/mol. The molecule has 1 unspecified atom stereocenters. The van der Waals surface area contributed by atoms with E-state index < -0.39 is 0 Å². The molecule has 0 radical (unpaired) electrons. The molecule has 0 fully saturated rings. The van der Waals surface area contributed by atoms with Crippen molar-refractivity contribution in [1.29, 1.82) is 0 Å². The molecule has 5 nitrogen and oxygen atoms in total. The summed E-state index contributed by atoms with van der Waals surface area (Å²) in [4.78, 5) is 26.4. The monoisotopic (exact) mass is 815 g/mol. The molecule has 64 heavy (non-hydrogen) atoms. The number of nitrogens with zero attached hydrogens (tertiary/aromatic N) is 5. The van der Waals surface area contributed by atoms with Crippen LogP contribution < -0.4 is 0 Å². The zero-order valence-corrected chi connectivity index (χ0v) is 34.7. The van der Waals surface area contributed by atoms with E-state index in [9.17, 15) is 0 Å². The molecule has 0 saturated heterocycles. The summed E-state index contributed by atoms with van der Waals surface area (Å²) in [7, 11) is 0. The third-order valence-electron chi connectivity index (χ3n) is 13.0. The largest absolute Gasteiger partial charge is 0.250 e. The van der Waals surface area contributed by atoms with Crippen molar-refractivity contribution in [3.63, 3.8) is 0 Å². The Morgan fingerprint density at radius 1 is 0.375 bits per heavy atom. The van der Waals surface area contributed by atoms with Crippen LogP contribution in [-0.4, -0.2) is 25.6 Å². The number of benzene rings is 9. The van der Waals surface area contributed by atoms with Crippen LogP contribution in [0, 0.1) is 5.92 Å². The van der Waals surface area contributed by atoms with Gasteiger partial charge in [0.1, 0.15) is 0 Å². The van der Waals surface area contributed by atoms with E-state index in [4.69, 9.17) is 24.9 Å². The number of aliphatic imine (C=N–C) groups is 1. The topological polar surface area (TPSA) is 63.9 Å². The molecule has 5 heteroatoms. The van der Waals surface area contributed by atoms with E-state index in [1.54, 1.807) is 0 Å². The van der Waals surface area contributed by atoms with Gasteiger partial charge in [0.25, 0.3) is 0 Å². The van der Waals surface area contributed by atoms with Crippen LogP contribution in [0.4, 0.5) is 5.69 Å². The maximum Gasteiger partial charge on any atom is 0.164 e. The Morgan fingerprint density at radius 2 is 0.906 bits per heavy atom. The third kappa shape index (κ3) is 5.97. The smallest absolute Gasteiger partial charge is 0.164 e. The molecule has 0 N–H and O–H groups in total. The second-order valence-corrected chi connectivity index (χ2v) is 16.7. The van der Waals surface area contributed by atoms with Crippen molar-refractivity contribution in [2.24, 2.45) is 10.9 Å². The molecular weight excluding hydrogens is 779 g/mol. The summed E-state index contributed by atoms with van der Waals surface area (Å²) < 4.78 is 0. The Balaban J connectivity index is 0.946. The Kier molecular flexibility index (Phi) is 8.28. The molecule has 1 aliphatic carbocycles. The molecule has 0 saturated carbocycles. The number of rotatable bonds is 5. The van der Waals surface area contributed by atoms with Gasteiger partial charge in [-0.15, -0.1) is 0 Å². The number of hydrogen-bond acceptors (Lipinski definition) is 5. The van der Waals surface area contributed by atoms with Crippen molar-refractivity contribution >= 4 is 65.3 Å². The lowest BCUT2D eigenvalue weighted by molar-refractivity contribution is 0.806. The van der Waals surface area contributed by atoms with E-state index in [-0.39, 0.29) is 5.92 Å². The summed E-state index contributed by atoms with van der Waals surface area (Å²) in [5.41, 5.74) is 10.3. The Labute approximate surface area is 369 Å². The summed E-state index contributed by atoms with van der Waals surface area (Å²) >= 11 is 0. The molecule has 2 aliphatic rings. The Morgan fingerprint density at radius 3 is 1.56 bits per heavy atom. The average Bonchev–Trinajstić information content (AvgIpc) is 3.37. The highest BCUT2D eigenvalue weighted by molar-refractivity contribution is 6.15. The number of aromatic nitrogens is 4. The summed E-state index contributed by atoms with van der Waals surface area (Å²) in [5, 5.41) is 11.5. The van der Waals surface area contributed by atoms with Gasteiger partial charge in [-0.05, 0) is 78.5 Å². The Bertz CT molecular complexity index is 3690. The van der Waals surface area contributed by atoms with Crippen LogP contribution in [0.2, 0.25) is 0 Å². The first-order chi connectivity index (χ1) is 31.7. The van der Waals surface area contributed by atoms with Gasteiger partial charge >= 0.3 is 0 Å². The molecule has 11 aromatic rings. The molecule has 9 aromatic carbocycles. The van der Waals surface area contributed by atoms with Crippen molar-refractivity contribution < 1.29 is 0 Å². The van der Waals surface area contributed by atoms with Gasteiger partial charge in [-0.2, -0.15) is 0 Å². The number of pyridine rings is 1. The van der Waals surface area contributed by atoms with Gasteiger partial charge in [0.2, 0.25) is 0 Å². The molecule has 13 rings (SSSR count). The summed E-state index contributed by atoms with van der Waals surface area (Å²) in [6.07, 6.45) is 9.38. The normalized spacial score (nSPS) is 14.3. The quantitative estimate of drug-likeness (QED) is 0.162. The van der Waals surface area contributed by atoms with Gasteiger partial charge in [0.15, 0.2) is 17.5 Å². The van der Waals surface area contributed by atoms with E-state index in [2.05, 4.69) is 206 Å². The van der Waals surface area contributed by atoms with E-state index in [1.807, 2.05) is 0 Å². The minimum atomic E-state index is 0.249. The van der Waals surface area contributed by atoms with E-state index in [1.165, 1.54) is 21.5 Å². The minimum Gasteiger partial charge on any atom is -0.250 e. The van der Waals surface area contributed by atoms with E-state index in [0.29, 0.717) is 17.5 Å². The molecule has 2 aromatic heterocycles. The number of fused-ring (bicyclic) bond motifs is 10. The van der Waals surface area contributed by atoms with Crippen LogP contribution in [0.25, 0.3) is 110 Å². The van der Waals surface area contributed by atoms with Crippen molar-refractivity contribution in [3.8, 4) is 56.5 Å². The maximum absolute atomic E-state index is 5.34. The zero-order chi connectivity index (χ0) is 42.1. The van der Waals surface area contributed by atoms with Crippen LogP contribution in [0.15, 0.2) is 211 Å². The van der Waals surface area contributed by atoms with Crippen LogP contribution in [0.1, 0.15) is 5.69 Å². The van der Waals surface area contributed by atoms with E-state index in [0.717, 1.165) is 94.9 Å². The fraction of sp³-hybridized carbons (Fsp3) is 0.0339. The molecule has 0 bridgehead atoms. The number of hydrogen-bond donors (Lipinski definition) is 0. The lowest BCUT2D eigenvalue weighted by Crippen LogP contribution is -2.19. The SMILES string of the molecule is C1=CC2=Nc3c(nc(-c4cccc(-c5ccc(-c6nc(-c7cc8ccccc8c8ccccc78)nc(-c7cc8ccccc8c8ccccc78)n6)cc5)c4)c4ccccc34)CC2C=C1. The van der Waals surface area contributed by atoms with Gasteiger partial charge in [0, 0.05) is 51.1 Å². The molecule has 298 valence electrons. The van der Waals surface area contributed by atoms with Gasteiger partial charge in [-0.1, -0.05) is 182 Å². The fourth-order valence-electron chi connectivity index (χ4n) is 9.87. The second-order valence-electron chi connectivity index (χ2n) is 16.7. The highest BCUT2D eigenvalue weighted by Gasteiger charge is 2.25. The van der Waals surface area contributed by atoms with Gasteiger partial charge < -0.3 is 0 Å². The van der Waals surface area contributed by atoms with Crippen LogP contribution in [0.3, 0.4) is 0 Å². The molecule has 1 aliphatic heterocycles. The fourth-order valence-corrected chi connectivity index (χ4v) is 9.87. The molecule has 1 atom stereocenters. The zero-order valence-electron chi connectivity index (χ0n) is 34.7. The molecule has 3 heterocycles. The van der Waals surface area contributed by atoms with Gasteiger partial charge in [0.05, 0.1) is 17.1 Å². The van der Waals surface area contributed by atoms with Gasteiger partial charge in [-0.3, -0.25) is 4.99 Å². The van der Waals surface area contributed by atoms with Crippen molar-refractivity contribution in [1.82, 2.24) is 19.9 Å². The van der Waals surface area contributed by atoms with Gasteiger partial charge in [-0.25, -0.2) is 19.9 Å². The third-order valence-corrected chi connectivity index (χ3v) is 13.0. The first-order valence-corrected chi connectivity index (χ1v) is 21.8. The maximum atomic E-state index is 5.34. The molecular formula is C59H37N5. The first kappa shape index (κ1) is 36.3. The van der Waals surface area contributed by atoms with Crippen LogP contribution in [0.5, 0.6) is 0 Å². The minimum absolute atomic E-state index is 0.249. The molecule has 0 amide bonds. The van der Waals surface area contributed by atoms with Crippen LogP contribution in [-0.2, 0) is 6.42 Å². The summed E-state index contributed by atoms with van der Waals surface area (Å²) in [6, 6.07) is 64.5. The first-order valence-electron chi connectivity index (χ1n) is 21.8. The second kappa shape index (κ2) is 14.6. The highest BCUT2D eigenvalue weighted by Crippen LogP contribution is 2.42. The summed E-state index contributed by atoms with van der Waals surface area (Å²) in [5.74, 6) is 2.14. The van der Waals surface area contributed by atoms with Crippen LogP contribution >= 0.6 is 0 Å². The molecule has 0 spiro atoms. The predicted molar refractivity (Wildman–Crippen MR) is 265 cm³/mol. The van der Waals surface area contributed by atoms with E-state index >= 15 is 0 Å². The van der Waals surface area contributed by atoms with Crippen molar-refractivity contribution in [2.45, 2.75) is 6.42 Å². The highest BCUT2D eigenvalue weighted by atomic mass is 15.0. The lowest BCUT2D eigenvalue weighted by atomic mass is 9.88. The van der Waals surface area contributed by atoms with Crippen molar-refractivity contribution in [3.05, 3.63) is 212 Å².